The Balaban J connectivity index is 1.77. The molecule has 1 aromatic rings. The first-order valence-corrected chi connectivity index (χ1v) is 8.01. The third-order valence-corrected chi connectivity index (χ3v) is 4.96. The minimum atomic E-state index is -0.388. The Kier molecular flexibility index (Phi) is 4.34. The summed E-state index contributed by atoms with van der Waals surface area (Å²) in [6.45, 7) is 0.383. The Morgan fingerprint density at radius 2 is 2.00 bits per heavy atom. The number of rotatable bonds is 2. The number of carbonyl (C=O) groups excluding carboxylic acids is 1. The zero-order valence-corrected chi connectivity index (χ0v) is 12.9. The Bertz CT molecular complexity index is 556. The second-order valence-electron chi connectivity index (χ2n) is 6.37. The van der Waals surface area contributed by atoms with E-state index >= 15 is 0 Å². The molecule has 1 atom stereocenters. The Morgan fingerprint density at radius 3 is 2.73 bits per heavy atom. The fourth-order valence-corrected chi connectivity index (χ4v) is 3.56. The van der Waals surface area contributed by atoms with Crippen LogP contribution in [0.25, 0.3) is 0 Å². The molecule has 1 aliphatic heterocycles. The summed E-state index contributed by atoms with van der Waals surface area (Å²) < 4.78 is 19.3. The van der Waals surface area contributed by atoms with Crippen LogP contribution in [-0.2, 0) is 4.79 Å². The molecule has 120 valence electrons. The summed E-state index contributed by atoms with van der Waals surface area (Å²) in [5.41, 5.74) is 6.61. The van der Waals surface area contributed by atoms with Gasteiger partial charge < -0.3 is 15.4 Å². The van der Waals surface area contributed by atoms with Gasteiger partial charge in [-0.2, -0.15) is 0 Å². The van der Waals surface area contributed by atoms with Crippen molar-refractivity contribution < 1.29 is 13.9 Å². The summed E-state index contributed by atoms with van der Waals surface area (Å²) in [6, 6.07) is 5.32. The van der Waals surface area contributed by atoms with Crippen LogP contribution in [0.3, 0.4) is 0 Å². The first kappa shape index (κ1) is 15.3. The van der Waals surface area contributed by atoms with Gasteiger partial charge in [0.15, 0.2) is 11.6 Å². The predicted octanol–water partition coefficient (Wildman–Crippen LogP) is 2.42. The molecule has 1 saturated carbocycles. The molecule has 2 aliphatic rings. The van der Waals surface area contributed by atoms with Crippen LogP contribution >= 0.6 is 0 Å². The Hall–Kier alpha value is -1.62. The minimum Gasteiger partial charge on any atom is -0.490 e. The number of nitrogens with zero attached hydrogens (tertiary/aromatic N) is 1. The van der Waals surface area contributed by atoms with Crippen LogP contribution in [0.15, 0.2) is 18.2 Å². The maximum Gasteiger partial charge on any atom is 0.230 e. The lowest BCUT2D eigenvalue weighted by Gasteiger charge is -2.36. The van der Waals surface area contributed by atoms with Crippen LogP contribution < -0.4 is 10.5 Å². The van der Waals surface area contributed by atoms with Crippen LogP contribution in [0.5, 0.6) is 5.75 Å². The quantitative estimate of drug-likeness (QED) is 0.913. The second-order valence-corrected chi connectivity index (χ2v) is 6.37. The van der Waals surface area contributed by atoms with E-state index in [0.717, 1.165) is 25.7 Å². The molecule has 0 spiro atoms. The maximum absolute atomic E-state index is 13.8. The molecule has 4 nitrogen and oxygen atoms in total. The summed E-state index contributed by atoms with van der Waals surface area (Å²) in [5.74, 6) is -0.386. The van der Waals surface area contributed by atoms with E-state index in [1.807, 2.05) is 11.9 Å². The molecule has 0 saturated heterocycles. The standard InChI is InChI=1S/C17H23FN2O2/c1-20(12-7-5-11(19)6-8-12)17(21)14-9-10-22-16-13(14)3-2-4-15(16)18/h2-4,11-12,14H,5-10,19H2,1H3/t11?,12?,14-/m1/s1. The van der Waals surface area contributed by atoms with Gasteiger partial charge in [0.1, 0.15) is 0 Å². The molecule has 5 heteroatoms. The highest BCUT2D eigenvalue weighted by Crippen LogP contribution is 2.37. The SMILES string of the molecule is CN(C(=O)[C@@H]1CCOc2c(F)cccc21)C1CCC(N)CC1. The summed E-state index contributed by atoms with van der Waals surface area (Å²) in [7, 11) is 1.86. The van der Waals surface area contributed by atoms with E-state index < -0.39 is 0 Å². The lowest BCUT2D eigenvalue weighted by atomic mass is 9.88. The molecule has 1 aliphatic carbocycles. The lowest BCUT2D eigenvalue weighted by molar-refractivity contribution is -0.135. The number of ether oxygens (including phenoxy) is 1. The van der Waals surface area contributed by atoms with Crippen molar-refractivity contribution in [2.75, 3.05) is 13.7 Å². The van der Waals surface area contributed by atoms with Crippen molar-refractivity contribution in [1.29, 1.82) is 0 Å². The highest BCUT2D eigenvalue weighted by molar-refractivity contribution is 5.85. The monoisotopic (exact) mass is 306 g/mol. The van der Waals surface area contributed by atoms with Crippen molar-refractivity contribution in [2.24, 2.45) is 5.73 Å². The summed E-state index contributed by atoms with van der Waals surface area (Å²) in [4.78, 5) is 14.7. The number of benzene rings is 1. The van der Waals surface area contributed by atoms with Crippen molar-refractivity contribution in [2.45, 2.75) is 50.1 Å². The van der Waals surface area contributed by atoms with Gasteiger partial charge in [-0.15, -0.1) is 0 Å². The molecule has 0 bridgehead atoms. The van der Waals surface area contributed by atoms with Gasteiger partial charge in [-0.1, -0.05) is 12.1 Å². The number of hydrogen-bond acceptors (Lipinski definition) is 3. The van der Waals surface area contributed by atoms with Crippen LogP contribution in [0, 0.1) is 5.82 Å². The average Bonchev–Trinajstić information content (AvgIpc) is 2.54. The number of nitrogens with two attached hydrogens (primary N) is 1. The van der Waals surface area contributed by atoms with Gasteiger partial charge in [0, 0.05) is 24.7 Å². The van der Waals surface area contributed by atoms with E-state index in [2.05, 4.69) is 0 Å². The third kappa shape index (κ3) is 2.82. The van der Waals surface area contributed by atoms with E-state index in [9.17, 15) is 9.18 Å². The number of fused-ring (bicyclic) bond motifs is 1. The largest absolute Gasteiger partial charge is 0.490 e. The third-order valence-electron chi connectivity index (χ3n) is 4.96. The van der Waals surface area contributed by atoms with Gasteiger partial charge in [0.2, 0.25) is 5.91 Å². The molecule has 2 N–H and O–H groups in total. The van der Waals surface area contributed by atoms with Crippen molar-refractivity contribution in [1.82, 2.24) is 4.90 Å². The highest BCUT2D eigenvalue weighted by Gasteiger charge is 2.34. The number of para-hydroxylation sites is 1. The van der Waals surface area contributed by atoms with Crippen molar-refractivity contribution >= 4 is 5.91 Å². The van der Waals surface area contributed by atoms with E-state index in [1.54, 1.807) is 12.1 Å². The summed E-state index contributed by atoms with van der Waals surface area (Å²) in [5, 5.41) is 0. The zero-order chi connectivity index (χ0) is 15.7. The first-order valence-electron chi connectivity index (χ1n) is 8.01. The van der Waals surface area contributed by atoms with Crippen LogP contribution in [0.2, 0.25) is 0 Å². The molecular weight excluding hydrogens is 283 g/mol. The van der Waals surface area contributed by atoms with Crippen molar-refractivity contribution in [3.05, 3.63) is 29.6 Å². The summed E-state index contributed by atoms with van der Waals surface area (Å²) >= 11 is 0. The average molecular weight is 306 g/mol. The van der Waals surface area contributed by atoms with Crippen LogP contribution in [-0.4, -0.2) is 36.5 Å². The van der Waals surface area contributed by atoms with Gasteiger partial charge in [-0.25, -0.2) is 4.39 Å². The Morgan fingerprint density at radius 1 is 1.27 bits per heavy atom. The predicted molar refractivity (Wildman–Crippen MR) is 82.3 cm³/mol. The molecule has 1 aromatic carbocycles. The molecule has 1 heterocycles. The van der Waals surface area contributed by atoms with Gasteiger partial charge in [-0.05, 0) is 38.2 Å². The van der Waals surface area contributed by atoms with Gasteiger partial charge in [-0.3, -0.25) is 4.79 Å². The normalized spacial score (nSPS) is 27.7. The van der Waals surface area contributed by atoms with Gasteiger partial charge in [0.25, 0.3) is 0 Å². The van der Waals surface area contributed by atoms with Crippen LogP contribution in [0.4, 0.5) is 4.39 Å². The molecule has 0 aromatic heterocycles. The lowest BCUT2D eigenvalue weighted by Crippen LogP contribution is -2.44. The smallest absolute Gasteiger partial charge is 0.230 e. The second kappa shape index (κ2) is 6.24. The van der Waals surface area contributed by atoms with E-state index in [4.69, 9.17) is 10.5 Å². The molecule has 0 unspecified atom stereocenters. The van der Waals surface area contributed by atoms with Gasteiger partial charge >= 0.3 is 0 Å². The molecule has 3 rings (SSSR count). The molecule has 22 heavy (non-hydrogen) atoms. The maximum atomic E-state index is 13.8. The van der Waals surface area contributed by atoms with E-state index in [-0.39, 0.29) is 35.5 Å². The fraction of sp³-hybridized carbons (Fsp3) is 0.588. The fourth-order valence-electron chi connectivity index (χ4n) is 3.56. The first-order chi connectivity index (χ1) is 10.6. The highest BCUT2D eigenvalue weighted by atomic mass is 19.1. The topological polar surface area (TPSA) is 55.6 Å². The number of carbonyl (C=O) groups is 1. The van der Waals surface area contributed by atoms with E-state index in [1.165, 1.54) is 6.07 Å². The number of amides is 1. The van der Waals surface area contributed by atoms with E-state index in [0.29, 0.717) is 18.6 Å². The van der Waals surface area contributed by atoms with Crippen LogP contribution in [0.1, 0.15) is 43.6 Å². The van der Waals surface area contributed by atoms with Crippen molar-refractivity contribution in [3.8, 4) is 5.75 Å². The molecule has 0 radical (unpaired) electrons. The zero-order valence-electron chi connectivity index (χ0n) is 12.9. The number of halogens is 1. The Labute approximate surface area is 130 Å². The van der Waals surface area contributed by atoms with Crippen molar-refractivity contribution in [3.63, 3.8) is 0 Å². The van der Waals surface area contributed by atoms with Gasteiger partial charge in [0.05, 0.1) is 12.5 Å². The molecule has 1 amide bonds. The number of hydrogen-bond donors (Lipinski definition) is 1. The molecular formula is C17H23FN2O2. The number of likely N-dealkylation sites (N-methyl/N-ethyl adjacent to an activating group) is 1. The molecule has 1 fully saturated rings. The summed E-state index contributed by atoms with van der Waals surface area (Å²) in [6.07, 6.45) is 4.42. The minimum absolute atomic E-state index is 0.0654.